The van der Waals surface area contributed by atoms with Crippen molar-refractivity contribution in [1.82, 2.24) is 15.5 Å². The summed E-state index contributed by atoms with van der Waals surface area (Å²) in [5, 5.41) is 7.74. The Morgan fingerprint density at radius 3 is 2.71 bits per heavy atom. The van der Waals surface area contributed by atoms with Gasteiger partial charge in [0.05, 0.1) is 6.42 Å². The summed E-state index contributed by atoms with van der Waals surface area (Å²) in [6.07, 6.45) is 2.50. The first-order chi connectivity index (χ1) is 13.5. The van der Waals surface area contributed by atoms with Gasteiger partial charge in [-0.3, -0.25) is 14.4 Å². The smallest absolute Gasteiger partial charge is 0.242 e. The summed E-state index contributed by atoms with van der Waals surface area (Å²) in [6, 6.07) is 13.2. The molecule has 6 heteroatoms. The Balaban J connectivity index is 1.43. The van der Waals surface area contributed by atoms with E-state index in [0.717, 1.165) is 29.3 Å². The first-order valence-corrected chi connectivity index (χ1v) is 9.86. The van der Waals surface area contributed by atoms with E-state index in [0.29, 0.717) is 25.9 Å². The molecule has 3 amide bonds. The normalized spacial score (nSPS) is 14.9. The molecule has 1 saturated heterocycles. The second kappa shape index (κ2) is 9.35. The summed E-state index contributed by atoms with van der Waals surface area (Å²) in [4.78, 5) is 38.0. The fourth-order valence-electron chi connectivity index (χ4n) is 3.55. The number of nitrogens with one attached hydrogen (secondary N) is 2. The zero-order chi connectivity index (χ0) is 19.9. The molecule has 6 nitrogen and oxygen atoms in total. The lowest BCUT2D eigenvalue weighted by Gasteiger charge is -2.17. The average Bonchev–Trinajstić information content (AvgIpc) is 3.10. The van der Waals surface area contributed by atoms with E-state index < -0.39 is 6.04 Å². The van der Waals surface area contributed by atoms with Gasteiger partial charge in [-0.2, -0.15) is 0 Å². The molecule has 2 N–H and O–H groups in total. The third-order valence-corrected chi connectivity index (χ3v) is 5.08. The Morgan fingerprint density at radius 1 is 1.14 bits per heavy atom. The fraction of sp³-hybridized carbons (Fsp3) is 0.409. The van der Waals surface area contributed by atoms with E-state index in [4.69, 9.17) is 0 Å². The number of likely N-dealkylation sites (tertiary alicyclic amines) is 1. The van der Waals surface area contributed by atoms with Crippen LogP contribution in [-0.4, -0.2) is 48.3 Å². The summed E-state index contributed by atoms with van der Waals surface area (Å²) >= 11 is 0. The highest BCUT2D eigenvalue weighted by atomic mass is 16.2. The molecule has 2 aromatic rings. The van der Waals surface area contributed by atoms with Crippen LogP contribution in [-0.2, 0) is 20.8 Å². The van der Waals surface area contributed by atoms with E-state index in [1.807, 2.05) is 47.4 Å². The van der Waals surface area contributed by atoms with E-state index in [2.05, 4.69) is 10.6 Å². The molecule has 1 fully saturated rings. The van der Waals surface area contributed by atoms with Gasteiger partial charge in [0.1, 0.15) is 6.04 Å². The molecule has 2 aromatic carbocycles. The Hall–Kier alpha value is -2.89. The molecule has 0 radical (unpaired) electrons. The second-order valence-corrected chi connectivity index (χ2v) is 7.23. The molecule has 0 unspecified atom stereocenters. The van der Waals surface area contributed by atoms with Crippen molar-refractivity contribution in [2.24, 2.45) is 0 Å². The molecule has 1 aliphatic heterocycles. The van der Waals surface area contributed by atoms with Crippen LogP contribution in [0.4, 0.5) is 0 Å². The Labute approximate surface area is 165 Å². The zero-order valence-corrected chi connectivity index (χ0v) is 16.2. The van der Waals surface area contributed by atoms with Gasteiger partial charge in [0.25, 0.3) is 0 Å². The standard InChI is InChI=1S/C22H27N3O3/c1-16(22(28)23-12-6-14-25-13-5-11-21(25)27)24-20(26)15-18-9-4-8-17-7-2-3-10-19(17)18/h2-4,7-10,16H,5-6,11-15H2,1H3,(H,23,28)(H,24,26)/t16-/m0/s1. The van der Waals surface area contributed by atoms with Crippen molar-refractivity contribution in [2.75, 3.05) is 19.6 Å². The molecule has 1 heterocycles. The number of benzene rings is 2. The van der Waals surface area contributed by atoms with Gasteiger partial charge in [-0.15, -0.1) is 0 Å². The van der Waals surface area contributed by atoms with Crippen molar-refractivity contribution in [3.8, 4) is 0 Å². The van der Waals surface area contributed by atoms with Crippen LogP contribution in [0.2, 0.25) is 0 Å². The number of hydrogen-bond donors (Lipinski definition) is 2. The highest BCUT2D eigenvalue weighted by Crippen LogP contribution is 2.18. The molecule has 3 rings (SSSR count). The minimum atomic E-state index is -0.601. The van der Waals surface area contributed by atoms with E-state index in [1.54, 1.807) is 6.92 Å². The maximum Gasteiger partial charge on any atom is 0.242 e. The number of carbonyl (C=O) groups excluding carboxylic acids is 3. The lowest BCUT2D eigenvalue weighted by molar-refractivity contribution is -0.128. The van der Waals surface area contributed by atoms with Crippen LogP contribution >= 0.6 is 0 Å². The Bertz CT molecular complexity index is 860. The van der Waals surface area contributed by atoms with Gasteiger partial charge in [0.15, 0.2) is 0 Å². The van der Waals surface area contributed by atoms with Crippen molar-refractivity contribution in [1.29, 1.82) is 0 Å². The quantitative estimate of drug-likeness (QED) is 0.687. The van der Waals surface area contributed by atoms with Crippen LogP contribution in [0.15, 0.2) is 42.5 Å². The molecule has 0 aromatic heterocycles. The van der Waals surface area contributed by atoms with Crippen LogP contribution in [0, 0.1) is 0 Å². The van der Waals surface area contributed by atoms with Crippen molar-refractivity contribution < 1.29 is 14.4 Å². The van der Waals surface area contributed by atoms with E-state index in [-0.39, 0.29) is 24.1 Å². The van der Waals surface area contributed by atoms with Gasteiger partial charge < -0.3 is 15.5 Å². The predicted octanol–water partition coefficient (Wildman–Crippen LogP) is 2.02. The SMILES string of the molecule is C[C@H](NC(=O)Cc1cccc2ccccc12)C(=O)NCCCN1CCCC1=O. The number of nitrogens with zero attached hydrogens (tertiary/aromatic N) is 1. The number of fused-ring (bicyclic) bond motifs is 1. The van der Waals surface area contributed by atoms with Gasteiger partial charge in [0, 0.05) is 26.1 Å². The highest BCUT2D eigenvalue weighted by molar-refractivity contribution is 5.92. The van der Waals surface area contributed by atoms with Crippen LogP contribution in [0.1, 0.15) is 31.7 Å². The minimum Gasteiger partial charge on any atom is -0.354 e. The molecule has 148 valence electrons. The Kier molecular flexibility index (Phi) is 6.63. The third kappa shape index (κ3) is 5.09. The topological polar surface area (TPSA) is 78.5 Å². The van der Waals surface area contributed by atoms with Gasteiger partial charge >= 0.3 is 0 Å². The minimum absolute atomic E-state index is 0.179. The van der Waals surface area contributed by atoms with Crippen molar-refractivity contribution in [3.05, 3.63) is 48.0 Å². The average molecular weight is 381 g/mol. The first-order valence-electron chi connectivity index (χ1n) is 9.86. The van der Waals surface area contributed by atoms with Crippen LogP contribution in [0.25, 0.3) is 10.8 Å². The highest BCUT2D eigenvalue weighted by Gasteiger charge is 2.20. The first kappa shape index (κ1) is 19.9. The predicted molar refractivity (Wildman–Crippen MR) is 109 cm³/mol. The number of carbonyl (C=O) groups is 3. The molecular weight excluding hydrogens is 354 g/mol. The van der Waals surface area contributed by atoms with E-state index in [1.165, 1.54) is 0 Å². The molecular formula is C22H27N3O3. The summed E-state index contributed by atoms with van der Waals surface area (Å²) in [5.74, 6) is -0.193. The number of rotatable bonds is 8. The van der Waals surface area contributed by atoms with Crippen molar-refractivity contribution >= 4 is 28.5 Å². The maximum absolute atomic E-state index is 12.4. The molecule has 28 heavy (non-hydrogen) atoms. The lowest BCUT2D eigenvalue weighted by atomic mass is 10.0. The molecule has 0 aliphatic carbocycles. The molecule has 0 spiro atoms. The van der Waals surface area contributed by atoms with Gasteiger partial charge in [-0.1, -0.05) is 42.5 Å². The monoisotopic (exact) mass is 381 g/mol. The van der Waals surface area contributed by atoms with Crippen LogP contribution in [0.5, 0.6) is 0 Å². The fourth-order valence-corrected chi connectivity index (χ4v) is 3.55. The largest absolute Gasteiger partial charge is 0.354 e. The van der Waals surface area contributed by atoms with E-state index in [9.17, 15) is 14.4 Å². The van der Waals surface area contributed by atoms with Crippen molar-refractivity contribution in [3.63, 3.8) is 0 Å². The lowest BCUT2D eigenvalue weighted by Crippen LogP contribution is -2.45. The summed E-state index contributed by atoms with van der Waals surface area (Å²) in [7, 11) is 0. The van der Waals surface area contributed by atoms with E-state index >= 15 is 0 Å². The number of hydrogen-bond acceptors (Lipinski definition) is 3. The van der Waals surface area contributed by atoms with Gasteiger partial charge in [-0.25, -0.2) is 0 Å². The molecule has 0 bridgehead atoms. The van der Waals surface area contributed by atoms with Crippen LogP contribution < -0.4 is 10.6 Å². The van der Waals surface area contributed by atoms with Gasteiger partial charge in [-0.05, 0) is 36.1 Å². The second-order valence-electron chi connectivity index (χ2n) is 7.23. The summed E-state index contributed by atoms with van der Waals surface area (Å²) in [6.45, 7) is 3.65. The molecule has 0 saturated carbocycles. The van der Waals surface area contributed by atoms with Crippen LogP contribution in [0.3, 0.4) is 0 Å². The van der Waals surface area contributed by atoms with Gasteiger partial charge in [0.2, 0.25) is 17.7 Å². The van der Waals surface area contributed by atoms with Crippen molar-refractivity contribution in [2.45, 2.75) is 38.6 Å². The summed E-state index contributed by atoms with van der Waals surface area (Å²) in [5.41, 5.74) is 0.943. The summed E-state index contributed by atoms with van der Waals surface area (Å²) < 4.78 is 0. The Morgan fingerprint density at radius 2 is 1.93 bits per heavy atom. The number of amides is 3. The zero-order valence-electron chi connectivity index (χ0n) is 16.2. The molecule has 1 aliphatic rings. The maximum atomic E-state index is 12.4. The third-order valence-electron chi connectivity index (χ3n) is 5.08. The molecule has 1 atom stereocenters.